The summed E-state index contributed by atoms with van der Waals surface area (Å²) in [4.78, 5) is 15.0. The summed E-state index contributed by atoms with van der Waals surface area (Å²) in [5, 5.41) is 12.0. The maximum absolute atomic E-state index is 10.9. The molecule has 0 bridgehead atoms. The summed E-state index contributed by atoms with van der Waals surface area (Å²) < 4.78 is 5.63. The van der Waals surface area contributed by atoms with Gasteiger partial charge in [0.15, 0.2) is 0 Å². The minimum atomic E-state index is -1.05. The second-order valence-electron chi connectivity index (χ2n) is 4.68. The lowest BCUT2D eigenvalue weighted by Gasteiger charge is -2.24. The van der Waals surface area contributed by atoms with Crippen LogP contribution in [0.3, 0.4) is 0 Å². The third-order valence-electron chi connectivity index (χ3n) is 3.15. The molecule has 1 atom stereocenters. The number of anilines is 2. The number of carboxylic acid groups (broad SMARTS) is 1. The van der Waals surface area contributed by atoms with Crippen molar-refractivity contribution in [3.63, 3.8) is 0 Å². The number of nitrogens with one attached hydrogen (secondary N) is 1. The molecule has 98 valence electrons. The number of carboxylic acids is 1. The van der Waals surface area contributed by atoms with Crippen LogP contribution in [0.15, 0.2) is 12.3 Å². The number of nitrogen functional groups attached to an aromatic ring is 1. The molecule has 0 aromatic carbocycles. The molecule has 4 N–H and O–H groups in total. The summed E-state index contributed by atoms with van der Waals surface area (Å²) in [6, 6.07) is 1.39. The molecule has 0 spiro atoms. The fourth-order valence-corrected chi connectivity index (χ4v) is 2.05. The van der Waals surface area contributed by atoms with Crippen LogP contribution in [0.1, 0.15) is 30.1 Å². The summed E-state index contributed by atoms with van der Waals surface area (Å²) in [5.41, 5.74) is 5.76. The third kappa shape index (κ3) is 2.53. The van der Waals surface area contributed by atoms with Gasteiger partial charge in [-0.3, -0.25) is 0 Å². The maximum atomic E-state index is 10.9. The Morgan fingerprint density at radius 2 is 2.50 bits per heavy atom. The molecule has 1 fully saturated rings. The van der Waals surface area contributed by atoms with Crippen LogP contribution in [0.25, 0.3) is 0 Å². The van der Waals surface area contributed by atoms with Crippen molar-refractivity contribution in [1.82, 2.24) is 4.98 Å². The summed E-state index contributed by atoms with van der Waals surface area (Å²) >= 11 is 0. The molecule has 6 heteroatoms. The second kappa shape index (κ2) is 4.81. The Morgan fingerprint density at radius 1 is 1.72 bits per heavy atom. The van der Waals surface area contributed by atoms with E-state index in [-0.39, 0.29) is 16.9 Å². The van der Waals surface area contributed by atoms with Crippen molar-refractivity contribution >= 4 is 17.5 Å². The van der Waals surface area contributed by atoms with Crippen molar-refractivity contribution in [3.8, 4) is 0 Å². The van der Waals surface area contributed by atoms with Crippen LogP contribution >= 0.6 is 0 Å². The Morgan fingerprint density at radius 3 is 3.11 bits per heavy atom. The lowest BCUT2D eigenvalue weighted by atomic mass is 10.0. The SMILES string of the molecule is CC1(CNc2nccc(C(=O)O)c2N)CCCO1. The van der Waals surface area contributed by atoms with E-state index in [1.54, 1.807) is 0 Å². The fourth-order valence-electron chi connectivity index (χ4n) is 2.05. The lowest BCUT2D eigenvalue weighted by Crippen LogP contribution is -2.33. The van der Waals surface area contributed by atoms with Crippen LogP contribution in [0.5, 0.6) is 0 Å². The molecule has 0 radical (unpaired) electrons. The molecule has 2 rings (SSSR count). The smallest absolute Gasteiger partial charge is 0.337 e. The second-order valence-corrected chi connectivity index (χ2v) is 4.68. The summed E-state index contributed by atoms with van der Waals surface area (Å²) in [6.07, 6.45) is 3.44. The average molecular weight is 251 g/mol. The number of rotatable bonds is 4. The number of hydrogen-bond donors (Lipinski definition) is 3. The molecule has 1 aliphatic rings. The minimum absolute atomic E-state index is 0.0602. The quantitative estimate of drug-likeness (QED) is 0.747. The van der Waals surface area contributed by atoms with Gasteiger partial charge in [0.2, 0.25) is 0 Å². The standard InChI is InChI=1S/C12H17N3O3/c1-12(4-2-6-18-12)7-15-10-9(13)8(11(16)17)3-5-14-10/h3,5H,2,4,6-7,13H2,1H3,(H,14,15)(H,16,17). The molecular weight excluding hydrogens is 234 g/mol. The monoisotopic (exact) mass is 251 g/mol. The molecule has 0 saturated carbocycles. The molecule has 0 amide bonds. The van der Waals surface area contributed by atoms with Crippen molar-refractivity contribution in [2.24, 2.45) is 0 Å². The fraction of sp³-hybridized carbons (Fsp3) is 0.500. The number of carbonyl (C=O) groups is 1. The van der Waals surface area contributed by atoms with E-state index in [2.05, 4.69) is 10.3 Å². The predicted molar refractivity (Wildman–Crippen MR) is 67.7 cm³/mol. The van der Waals surface area contributed by atoms with Crippen LogP contribution in [-0.2, 0) is 4.74 Å². The summed E-state index contributed by atoms with van der Waals surface area (Å²) in [7, 11) is 0. The van der Waals surface area contributed by atoms with E-state index < -0.39 is 5.97 Å². The largest absolute Gasteiger partial charge is 0.478 e. The molecule has 1 unspecified atom stereocenters. The number of pyridine rings is 1. The van der Waals surface area contributed by atoms with Crippen molar-refractivity contribution in [3.05, 3.63) is 17.8 Å². The number of aromatic nitrogens is 1. The van der Waals surface area contributed by atoms with E-state index in [9.17, 15) is 4.79 Å². The van der Waals surface area contributed by atoms with E-state index in [0.717, 1.165) is 19.4 Å². The van der Waals surface area contributed by atoms with Gasteiger partial charge < -0.3 is 20.9 Å². The average Bonchev–Trinajstić information content (AvgIpc) is 2.75. The molecule has 1 aliphatic heterocycles. The van der Waals surface area contributed by atoms with Gasteiger partial charge in [-0.15, -0.1) is 0 Å². The summed E-state index contributed by atoms with van der Waals surface area (Å²) in [5.74, 6) is -0.659. The van der Waals surface area contributed by atoms with Gasteiger partial charge in [0.25, 0.3) is 0 Å². The number of ether oxygens (including phenoxy) is 1. The van der Waals surface area contributed by atoms with Crippen molar-refractivity contribution in [2.45, 2.75) is 25.4 Å². The topological polar surface area (TPSA) is 97.5 Å². The van der Waals surface area contributed by atoms with E-state index in [4.69, 9.17) is 15.6 Å². The minimum Gasteiger partial charge on any atom is -0.478 e. The Kier molecular flexibility index (Phi) is 3.38. The van der Waals surface area contributed by atoms with Gasteiger partial charge in [0, 0.05) is 19.3 Å². The maximum Gasteiger partial charge on any atom is 0.337 e. The Hall–Kier alpha value is -1.82. The highest BCUT2D eigenvalue weighted by molar-refractivity contribution is 5.96. The number of hydrogen-bond acceptors (Lipinski definition) is 5. The molecule has 1 aromatic rings. The van der Waals surface area contributed by atoms with Crippen LogP contribution in [0.2, 0.25) is 0 Å². The van der Waals surface area contributed by atoms with Crippen molar-refractivity contribution in [1.29, 1.82) is 0 Å². The zero-order chi connectivity index (χ0) is 13.2. The van der Waals surface area contributed by atoms with E-state index in [1.807, 2.05) is 6.92 Å². The van der Waals surface area contributed by atoms with Crippen LogP contribution in [0.4, 0.5) is 11.5 Å². The van der Waals surface area contributed by atoms with Crippen molar-refractivity contribution < 1.29 is 14.6 Å². The van der Waals surface area contributed by atoms with E-state index >= 15 is 0 Å². The highest BCUT2D eigenvalue weighted by Crippen LogP contribution is 2.27. The molecule has 6 nitrogen and oxygen atoms in total. The van der Waals surface area contributed by atoms with Gasteiger partial charge in [-0.1, -0.05) is 0 Å². The van der Waals surface area contributed by atoms with Crippen LogP contribution < -0.4 is 11.1 Å². The number of nitrogens with zero attached hydrogens (tertiary/aromatic N) is 1. The molecule has 1 aromatic heterocycles. The molecular formula is C12H17N3O3. The van der Waals surface area contributed by atoms with E-state index in [0.29, 0.717) is 12.4 Å². The lowest BCUT2D eigenvalue weighted by molar-refractivity contribution is 0.0315. The Labute approximate surface area is 105 Å². The Balaban J connectivity index is 2.10. The predicted octanol–water partition coefficient (Wildman–Crippen LogP) is 1.34. The van der Waals surface area contributed by atoms with Crippen LogP contribution in [0, 0.1) is 0 Å². The zero-order valence-corrected chi connectivity index (χ0v) is 10.3. The van der Waals surface area contributed by atoms with Gasteiger partial charge >= 0.3 is 5.97 Å². The number of aromatic carboxylic acids is 1. The third-order valence-corrected chi connectivity index (χ3v) is 3.15. The first-order valence-corrected chi connectivity index (χ1v) is 5.87. The van der Waals surface area contributed by atoms with Gasteiger partial charge in [0.1, 0.15) is 5.82 Å². The molecule has 18 heavy (non-hydrogen) atoms. The van der Waals surface area contributed by atoms with Gasteiger partial charge in [0.05, 0.1) is 16.9 Å². The van der Waals surface area contributed by atoms with Gasteiger partial charge in [-0.05, 0) is 25.8 Å². The highest BCUT2D eigenvalue weighted by atomic mass is 16.5. The van der Waals surface area contributed by atoms with Crippen molar-refractivity contribution in [2.75, 3.05) is 24.2 Å². The first-order valence-electron chi connectivity index (χ1n) is 5.87. The summed E-state index contributed by atoms with van der Waals surface area (Å²) in [6.45, 7) is 3.34. The normalized spacial score (nSPS) is 22.9. The zero-order valence-electron chi connectivity index (χ0n) is 10.3. The molecule has 2 heterocycles. The van der Waals surface area contributed by atoms with E-state index in [1.165, 1.54) is 12.3 Å². The Bertz CT molecular complexity index is 456. The first-order chi connectivity index (χ1) is 8.52. The van der Waals surface area contributed by atoms with Gasteiger partial charge in [-0.25, -0.2) is 9.78 Å². The number of nitrogens with two attached hydrogens (primary N) is 1. The first kappa shape index (κ1) is 12.6. The van der Waals surface area contributed by atoms with Gasteiger partial charge in [-0.2, -0.15) is 0 Å². The molecule has 0 aliphatic carbocycles. The highest BCUT2D eigenvalue weighted by Gasteiger charge is 2.29. The van der Waals surface area contributed by atoms with Crippen LogP contribution in [-0.4, -0.2) is 34.8 Å². The molecule has 1 saturated heterocycles.